The zero-order valence-electron chi connectivity index (χ0n) is 10.1. The van der Waals surface area contributed by atoms with Gasteiger partial charge in [-0.25, -0.2) is 0 Å². The van der Waals surface area contributed by atoms with Crippen LogP contribution in [0.4, 0.5) is 0 Å². The summed E-state index contributed by atoms with van der Waals surface area (Å²) < 4.78 is 10.6. The van der Waals surface area contributed by atoms with Gasteiger partial charge in [-0.2, -0.15) is 0 Å². The lowest BCUT2D eigenvalue weighted by Crippen LogP contribution is -2.16. The highest BCUT2D eigenvalue weighted by Gasteiger charge is 2.22. The van der Waals surface area contributed by atoms with Crippen LogP contribution in [-0.2, 0) is 0 Å². The summed E-state index contributed by atoms with van der Waals surface area (Å²) in [6.07, 6.45) is 1.18. The fraction of sp³-hybridized carbons (Fsp3) is 0.538. The van der Waals surface area contributed by atoms with Crippen molar-refractivity contribution in [3.63, 3.8) is 0 Å². The summed E-state index contributed by atoms with van der Waals surface area (Å²) in [5.41, 5.74) is 1.30. The van der Waals surface area contributed by atoms with Gasteiger partial charge in [-0.1, -0.05) is 0 Å². The van der Waals surface area contributed by atoms with Crippen molar-refractivity contribution in [2.45, 2.75) is 25.3 Å². The number of benzene rings is 1. The maximum Gasteiger partial charge on any atom is 0.122 e. The maximum absolute atomic E-state index is 5.28. The number of nitrogens with one attached hydrogen (secondary N) is 1. The standard InChI is InChI=1S/C13H19NO2/c1-9-4-11(8-14-9)10-5-12(15-2)7-13(6-10)16-3/h5-7,9,11,14H,4,8H2,1-3H3. The molecule has 1 aliphatic rings. The minimum Gasteiger partial charge on any atom is -0.497 e. The molecule has 0 spiro atoms. The minimum absolute atomic E-state index is 0.569. The summed E-state index contributed by atoms with van der Waals surface area (Å²) in [5, 5.41) is 3.46. The fourth-order valence-electron chi connectivity index (χ4n) is 2.26. The van der Waals surface area contributed by atoms with E-state index in [1.807, 2.05) is 6.07 Å². The SMILES string of the molecule is COc1cc(OC)cc(C2CNC(C)C2)c1. The highest BCUT2D eigenvalue weighted by molar-refractivity contribution is 5.40. The van der Waals surface area contributed by atoms with Crippen molar-refractivity contribution >= 4 is 0 Å². The van der Waals surface area contributed by atoms with Crippen LogP contribution in [0.2, 0.25) is 0 Å². The highest BCUT2D eigenvalue weighted by atomic mass is 16.5. The second kappa shape index (κ2) is 4.74. The van der Waals surface area contributed by atoms with Crippen molar-refractivity contribution < 1.29 is 9.47 Å². The van der Waals surface area contributed by atoms with E-state index in [1.54, 1.807) is 14.2 Å². The van der Waals surface area contributed by atoms with Crippen LogP contribution in [0, 0.1) is 0 Å². The Morgan fingerprint density at radius 3 is 2.19 bits per heavy atom. The van der Waals surface area contributed by atoms with Gasteiger partial charge in [0.05, 0.1) is 14.2 Å². The molecule has 1 heterocycles. The zero-order valence-corrected chi connectivity index (χ0v) is 10.1. The monoisotopic (exact) mass is 221 g/mol. The first kappa shape index (κ1) is 11.3. The third-order valence-electron chi connectivity index (χ3n) is 3.20. The van der Waals surface area contributed by atoms with Gasteiger partial charge < -0.3 is 14.8 Å². The van der Waals surface area contributed by atoms with Crippen LogP contribution in [-0.4, -0.2) is 26.8 Å². The molecule has 2 atom stereocenters. The molecule has 0 bridgehead atoms. The largest absolute Gasteiger partial charge is 0.497 e. The molecule has 1 aromatic rings. The molecule has 2 unspecified atom stereocenters. The van der Waals surface area contributed by atoms with Crippen LogP contribution >= 0.6 is 0 Å². The Morgan fingerprint density at radius 2 is 1.75 bits per heavy atom. The van der Waals surface area contributed by atoms with Gasteiger partial charge in [-0.05, 0) is 37.0 Å². The van der Waals surface area contributed by atoms with Gasteiger partial charge in [0.25, 0.3) is 0 Å². The average Bonchev–Trinajstić information content (AvgIpc) is 2.75. The quantitative estimate of drug-likeness (QED) is 0.848. The fourth-order valence-corrected chi connectivity index (χ4v) is 2.26. The summed E-state index contributed by atoms with van der Waals surface area (Å²) in [5.74, 6) is 2.31. The minimum atomic E-state index is 0.569. The van der Waals surface area contributed by atoms with E-state index < -0.39 is 0 Å². The molecule has 2 rings (SSSR count). The molecule has 1 fully saturated rings. The molecule has 0 radical (unpaired) electrons. The number of hydrogen-bond donors (Lipinski definition) is 1. The van der Waals surface area contributed by atoms with Crippen LogP contribution < -0.4 is 14.8 Å². The normalized spacial score (nSPS) is 24.4. The molecule has 1 aliphatic heterocycles. The first-order valence-corrected chi connectivity index (χ1v) is 5.69. The highest BCUT2D eigenvalue weighted by Crippen LogP contribution is 2.31. The van der Waals surface area contributed by atoms with Crippen molar-refractivity contribution in [2.24, 2.45) is 0 Å². The molecule has 1 saturated heterocycles. The van der Waals surface area contributed by atoms with Crippen LogP contribution in [0.25, 0.3) is 0 Å². The first-order valence-electron chi connectivity index (χ1n) is 5.69. The zero-order chi connectivity index (χ0) is 11.5. The molecule has 0 aromatic heterocycles. The van der Waals surface area contributed by atoms with E-state index in [-0.39, 0.29) is 0 Å². The molecule has 3 heteroatoms. The van der Waals surface area contributed by atoms with E-state index in [9.17, 15) is 0 Å². The Bertz CT molecular complexity index is 343. The van der Waals surface area contributed by atoms with Crippen LogP contribution in [0.15, 0.2) is 18.2 Å². The Kier molecular flexibility index (Phi) is 3.34. The van der Waals surface area contributed by atoms with E-state index in [0.717, 1.165) is 18.0 Å². The summed E-state index contributed by atoms with van der Waals surface area (Å²) in [6.45, 7) is 3.26. The summed E-state index contributed by atoms with van der Waals surface area (Å²) >= 11 is 0. The molecular weight excluding hydrogens is 202 g/mol. The molecule has 1 aromatic carbocycles. The number of rotatable bonds is 3. The predicted octanol–water partition coefficient (Wildman–Crippen LogP) is 2.17. The maximum atomic E-state index is 5.28. The molecule has 88 valence electrons. The van der Waals surface area contributed by atoms with Crippen LogP contribution in [0.5, 0.6) is 11.5 Å². The predicted molar refractivity (Wildman–Crippen MR) is 64.4 cm³/mol. The van der Waals surface area contributed by atoms with Gasteiger partial charge in [-0.3, -0.25) is 0 Å². The Hall–Kier alpha value is -1.22. The Balaban J connectivity index is 2.25. The second-order valence-electron chi connectivity index (χ2n) is 4.39. The van der Waals surface area contributed by atoms with Gasteiger partial charge in [0.15, 0.2) is 0 Å². The smallest absolute Gasteiger partial charge is 0.122 e. The first-order chi connectivity index (χ1) is 7.72. The molecule has 0 saturated carbocycles. The number of hydrogen-bond acceptors (Lipinski definition) is 3. The lowest BCUT2D eigenvalue weighted by molar-refractivity contribution is 0.392. The average molecular weight is 221 g/mol. The van der Waals surface area contributed by atoms with E-state index in [2.05, 4.69) is 24.4 Å². The third-order valence-corrected chi connectivity index (χ3v) is 3.20. The Labute approximate surface area is 96.8 Å². The molecule has 0 aliphatic carbocycles. The van der Waals surface area contributed by atoms with Crippen molar-refractivity contribution in [3.8, 4) is 11.5 Å². The van der Waals surface area contributed by atoms with Crippen molar-refractivity contribution in [1.82, 2.24) is 5.32 Å². The molecular formula is C13H19NO2. The number of methoxy groups -OCH3 is 2. The topological polar surface area (TPSA) is 30.5 Å². The van der Waals surface area contributed by atoms with Gasteiger partial charge in [0.1, 0.15) is 11.5 Å². The van der Waals surface area contributed by atoms with Crippen molar-refractivity contribution in [3.05, 3.63) is 23.8 Å². The van der Waals surface area contributed by atoms with Crippen molar-refractivity contribution in [1.29, 1.82) is 0 Å². The summed E-state index contributed by atoms with van der Waals surface area (Å²) in [4.78, 5) is 0. The lowest BCUT2D eigenvalue weighted by Gasteiger charge is -2.12. The second-order valence-corrected chi connectivity index (χ2v) is 4.39. The van der Waals surface area contributed by atoms with E-state index in [0.29, 0.717) is 12.0 Å². The van der Waals surface area contributed by atoms with E-state index >= 15 is 0 Å². The van der Waals surface area contributed by atoms with E-state index in [4.69, 9.17) is 9.47 Å². The number of ether oxygens (including phenoxy) is 2. The molecule has 0 amide bonds. The Morgan fingerprint density at radius 1 is 1.12 bits per heavy atom. The van der Waals surface area contributed by atoms with Gasteiger partial charge in [0.2, 0.25) is 0 Å². The molecule has 16 heavy (non-hydrogen) atoms. The third kappa shape index (κ3) is 2.30. The van der Waals surface area contributed by atoms with Crippen molar-refractivity contribution in [2.75, 3.05) is 20.8 Å². The lowest BCUT2D eigenvalue weighted by atomic mass is 9.96. The molecule has 3 nitrogen and oxygen atoms in total. The summed E-state index contributed by atoms with van der Waals surface area (Å²) in [6, 6.07) is 6.72. The van der Waals surface area contributed by atoms with Gasteiger partial charge in [-0.15, -0.1) is 0 Å². The molecule has 1 N–H and O–H groups in total. The van der Waals surface area contributed by atoms with E-state index in [1.165, 1.54) is 12.0 Å². The van der Waals surface area contributed by atoms with Gasteiger partial charge >= 0.3 is 0 Å². The van der Waals surface area contributed by atoms with Crippen LogP contribution in [0.1, 0.15) is 24.8 Å². The van der Waals surface area contributed by atoms with Gasteiger partial charge in [0, 0.05) is 18.7 Å². The van der Waals surface area contributed by atoms with Crippen LogP contribution in [0.3, 0.4) is 0 Å². The summed E-state index contributed by atoms with van der Waals surface area (Å²) in [7, 11) is 3.38.